The number of hydrogen-bond donors (Lipinski definition) is 0. The maximum absolute atomic E-state index is 12.7. The van der Waals surface area contributed by atoms with Crippen LogP contribution in [-0.4, -0.2) is 35.9 Å². The van der Waals surface area contributed by atoms with E-state index in [2.05, 4.69) is 6.92 Å². The Bertz CT molecular complexity index is 462. The molecule has 1 aromatic rings. The molecule has 3 nitrogen and oxygen atoms in total. The summed E-state index contributed by atoms with van der Waals surface area (Å²) < 4.78 is 5.62. The van der Waals surface area contributed by atoms with Crippen molar-refractivity contribution < 1.29 is 9.53 Å². The maximum Gasteiger partial charge on any atom is 0.254 e. The maximum atomic E-state index is 12.7. The largest absolute Gasteiger partial charge is 0.494 e. The minimum atomic E-state index is 0.103. The predicted octanol–water partition coefficient (Wildman–Crippen LogP) is 4.10. The molecule has 0 bridgehead atoms. The van der Waals surface area contributed by atoms with Gasteiger partial charge in [0.2, 0.25) is 0 Å². The zero-order chi connectivity index (χ0) is 15.1. The molecule has 116 valence electrons. The van der Waals surface area contributed by atoms with Gasteiger partial charge in [0.1, 0.15) is 5.75 Å². The molecule has 1 aliphatic rings. The van der Waals surface area contributed by atoms with Crippen LogP contribution in [0.25, 0.3) is 0 Å². The van der Waals surface area contributed by atoms with E-state index in [1.807, 2.05) is 29.2 Å². The van der Waals surface area contributed by atoms with Crippen molar-refractivity contribution >= 4 is 17.5 Å². The molecule has 1 fully saturated rings. The Balaban J connectivity index is 2.10. The lowest BCUT2D eigenvalue weighted by Gasteiger charge is -2.35. The van der Waals surface area contributed by atoms with E-state index in [0.29, 0.717) is 18.1 Å². The number of alkyl halides is 1. The molecule has 0 radical (unpaired) electrons. The smallest absolute Gasteiger partial charge is 0.254 e. The first-order valence-electron chi connectivity index (χ1n) is 7.86. The van der Waals surface area contributed by atoms with E-state index < -0.39 is 0 Å². The molecule has 0 saturated carbocycles. The summed E-state index contributed by atoms with van der Waals surface area (Å²) >= 11 is 5.88. The number of halogens is 1. The minimum Gasteiger partial charge on any atom is -0.494 e. The third-order valence-corrected chi connectivity index (χ3v) is 4.10. The molecule has 1 unspecified atom stereocenters. The number of piperidine rings is 1. The van der Waals surface area contributed by atoms with Crippen LogP contribution in [0.3, 0.4) is 0 Å². The number of likely N-dealkylation sites (tertiary alicyclic amines) is 1. The number of nitrogens with zero attached hydrogens (tertiary/aromatic N) is 1. The summed E-state index contributed by atoms with van der Waals surface area (Å²) in [4.78, 5) is 14.7. The fourth-order valence-electron chi connectivity index (χ4n) is 2.80. The number of carbonyl (C=O) groups is 1. The van der Waals surface area contributed by atoms with Gasteiger partial charge in [-0.15, -0.1) is 11.6 Å². The fraction of sp³-hybridized carbons (Fsp3) is 0.588. The molecule has 1 aromatic carbocycles. The SMILES string of the molecule is CCCOc1cccc(C(=O)N2CCCCC2CCCl)c1. The highest BCUT2D eigenvalue weighted by atomic mass is 35.5. The van der Waals surface area contributed by atoms with E-state index in [-0.39, 0.29) is 11.9 Å². The summed E-state index contributed by atoms with van der Waals surface area (Å²) in [6.45, 7) is 3.58. The molecular formula is C17H24ClNO2. The van der Waals surface area contributed by atoms with Gasteiger partial charge in [-0.3, -0.25) is 4.79 Å². The van der Waals surface area contributed by atoms with Crippen molar-refractivity contribution in [3.63, 3.8) is 0 Å². The van der Waals surface area contributed by atoms with E-state index in [1.54, 1.807) is 0 Å². The van der Waals surface area contributed by atoms with Crippen LogP contribution in [0.15, 0.2) is 24.3 Å². The minimum absolute atomic E-state index is 0.103. The summed E-state index contributed by atoms with van der Waals surface area (Å²) in [6, 6.07) is 7.79. The van der Waals surface area contributed by atoms with Crippen LogP contribution in [0.1, 0.15) is 49.4 Å². The second kappa shape index (κ2) is 8.28. The number of rotatable bonds is 6. The molecule has 0 aliphatic carbocycles. The standard InChI is InChI=1S/C17H24ClNO2/c1-2-12-21-16-8-5-6-14(13-16)17(20)19-11-4-3-7-15(19)9-10-18/h5-6,8,13,15H,2-4,7,9-12H2,1H3. The average Bonchev–Trinajstić information content (AvgIpc) is 2.53. The highest BCUT2D eigenvalue weighted by Gasteiger charge is 2.27. The lowest BCUT2D eigenvalue weighted by atomic mass is 9.99. The Hall–Kier alpha value is -1.22. The Morgan fingerprint density at radius 2 is 2.29 bits per heavy atom. The fourth-order valence-corrected chi connectivity index (χ4v) is 3.05. The first-order chi connectivity index (χ1) is 10.3. The number of carbonyl (C=O) groups excluding carboxylic acids is 1. The van der Waals surface area contributed by atoms with Gasteiger partial charge in [-0.1, -0.05) is 13.0 Å². The third kappa shape index (κ3) is 4.37. The molecule has 21 heavy (non-hydrogen) atoms. The summed E-state index contributed by atoms with van der Waals surface area (Å²) in [7, 11) is 0. The quantitative estimate of drug-likeness (QED) is 0.740. The highest BCUT2D eigenvalue weighted by molar-refractivity contribution is 6.17. The lowest BCUT2D eigenvalue weighted by molar-refractivity contribution is 0.0609. The van der Waals surface area contributed by atoms with Gasteiger partial charge in [-0.2, -0.15) is 0 Å². The van der Waals surface area contributed by atoms with Crippen LogP contribution in [-0.2, 0) is 0 Å². The van der Waals surface area contributed by atoms with Gasteiger partial charge in [-0.05, 0) is 50.3 Å². The molecule has 0 N–H and O–H groups in total. The van der Waals surface area contributed by atoms with E-state index in [9.17, 15) is 4.79 Å². The van der Waals surface area contributed by atoms with Crippen molar-refractivity contribution in [1.82, 2.24) is 4.90 Å². The second-order valence-corrected chi connectivity index (χ2v) is 5.88. The Morgan fingerprint density at radius 3 is 3.05 bits per heavy atom. The molecule has 1 aliphatic heterocycles. The summed E-state index contributed by atoms with van der Waals surface area (Å²) in [6.07, 6.45) is 5.16. The number of benzene rings is 1. The molecule has 4 heteroatoms. The number of amides is 1. The summed E-state index contributed by atoms with van der Waals surface area (Å²) in [5, 5.41) is 0. The Morgan fingerprint density at radius 1 is 1.43 bits per heavy atom. The Kier molecular flexibility index (Phi) is 6.37. The zero-order valence-corrected chi connectivity index (χ0v) is 13.4. The van der Waals surface area contributed by atoms with Crippen LogP contribution in [0, 0.1) is 0 Å². The van der Waals surface area contributed by atoms with Crippen molar-refractivity contribution in [3.8, 4) is 5.75 Å². The van der Waals surface area contributed by atoms with Gasteiger partial charge in [0.05, 0.1) is 6.61 Å². The monoisotopic (exact) mass is 309 g/mol. The van der Waals surface area contributed by atoms with E-state index in [4.69, 9.17) is 16.3 Å². The van der Waals surface area contributed by atoms with Crippen LogP contribution in [0.4, 0.5) is 0 Å². The average molecular weight is 310 g/mol. The molecule has 2 rings (SSSR count). The predicted molar refractivity (Wildman–Crippen MR) is 86.2 cm³/mol. The van der Waals surface area contributed by atoms with Gasteiger partial charge in [0, 0.05) is 24.0 Å². The van der Waals surface area contributed by atoms with Gasteiger partial charge < -0.3 is 9.64 Å². The Labute approximate surface area is 132 Å². The number of hydrogen-bond acceptors (Lipinski definition) is 2. The molecule has 1 saturated heterocycles. The topological polar surface area (TPSA) is 29.5 Å². The molecule has 1 atom stereocenters. The van der Waals surface area contributed by atoms with Gasteiger partial charge in [0.25, 0.3) is 5.91 Å². The van der Waals surface area contributed by atoms with Crippen molar-refractivity contribution in [2.24, 2.45) is 0 Å². The molecule has 1 heterocycles. The van der Waals surface area contributed by atoms with Gasteiger partial charge in [-0.25, -0.2) is 0 Å². The van der Waals surface area contributed by atoms with E-state index in [0.717, 1.165) is 38.0 Å². The zero-order valence-electron chi connectivity index (χ0n) is 12.7. The summed E-state index contributed by atoms with van der Waals surface area (Å²) in [5.74, 6) is 1.48. The summed E-state index contributed by atoms with van der Waals surface area (Å²) in [5.41, 5.74) is 0.713. The molecular weight excluding hydrogens is 286 g/mol. The molecule has 1 amide bonds. The lowest BCUT2D eigenvalue weighted by Crippen LogP contribution is -2.43. The van der Waals surface area contributed by atoms with Crippen molar-refractivity contribution in [2.75, 3.05) is 19.0 Å². The van der Waals surface area contributed by atoms with Crippen molar-refractivity contribution in [1.29, 1.82) is 0 Å². The van der Waals surface area contributed by atoms with Gasteiger partial charge in [0.15, 0.2) is 0 Å². The highest BCUT2D eigenvalue weighted by Crippen LogP contribution is 2.23. The molecule has 0 aromatic heterocycles. The van der Waals surface area contributed by atoms with Crippen LogP contribution in [0.5, 0.6) is 5.75 Å². The van der Waals surface area contributed by atoms with Crippen LogP contribution in [0.2, 0.25) is 0 Å². The van der Waals surface area contributed by atoms with Crippen LogP contribution < -0.4 is 4.74 Å². The van der Waals surface area contributed by atoms with Crippen LogP contribution >= 0.6 is 11.6 Å². The number of ether oxygens (including phenoxy) is 1. The normalized spacial score (nSPS) is 18.6. The van der Waals surface area contributed by atoms with Crippen molar-refractivity contribution in [2.45, 2.75) is 45.1 Å². The third-order valence-electron chi connectivity index (χ3n) is 3.88. The first kappa shape index (κ1) is 16.2. The van der Waals surface area contributed by atoms with E-state index >= 15 is 0 Å². The van der Waals surface area contributed by atoms with Crippen molar-refractivity contribution in [3.05, 3.63) is 29.8 Å². The molecule has 0 spiro atoms. The van der Waals surface area contributed by atoms with Gasteiger partial charge >= 0.3 is 0 Å². The first-order valence-corrected chi connectivity index (χ1v) is 8.39. The van der Waals surface area contributed by atoms with E-state index in [1.165, 1.54) is 6.42 Å². The second-order valence-electron chi connectivity index (χ2n) is 5.50.